The second-order valence-corrected chi connectivity index (χ2v) is 5.29. The second-order valence-electron chi connectivity index (χ2n) is 5.29. The number of nitrogens with two attached hydrogens (primary N) is 1. The van der Waals surface area contributed by atoms with Gasteiger partial charge in [-0.3, -0.25) is 0 Å². The van der Waals surface area contributed by atoms with Crippen molar-refractivity contribution in [2.75, 3.05) is 5.73 Å². The first-order valence-electron chi connectivity index (χ1n) is 6.57. The molecule has 18 heavy (non-hydrogen) atoms. The van der Waals surface area contributed by atoms with E-state index < -0.39 is 0 Å². The summed E-state index contributed by atoms with van der Waals surface area (Å²) in [6.07, 6.45) is 3.53. The van der Waals surface area contributed by atoms with Crippen molar-refractivity contribution < 1.29 is 5.11 Å². The van der Waals surface area contributed by atoms with Gasteiger partial charge in [0.05, 0.1) is 17.1 Å². The van der Waals surface area contributed by atoms with Gasteiger partial charge in [0, 0.05) is 6.04 Å². The molecule has 96 valence electrons. The molecule has 1 aliphatic rings. The Kier molecular flexibility index (Phi) is 2.74. The molecule has 2 aromatic rings. The minimum atomic E-state index is -0.139. The molecule has 1 saturated carbocycles. The average Bonchev–Trinajstić information content (AvgIpc) is 2.65. The average molecular weight is 245 g/mol. The number of fused-ring (bicyclic) bond motifs is 1. The van der Waals surface area contributed by atoms with Gasteiger partial charge in [-0.2, -0.15) is 0 Å². The molecule has 1 fully saturated rings. The zero-order valence-electron chi connectivity index (χ0n) is 10.6. The summed E-state index contributed by atoms with van der Waals surface area (Å²) in [5.41, 5.74) is 9.34. The van der Waals surface area contributed by atoms with E-state index >= 15 is 0 Å². The fourth-order valence-corrected chi connectivity index (χ4v) is 2.93. The highest BCUT2D eigenvalue weighted by Crippen LogP contribution is 2.33. The molecule has 0 bridgehead atoms. The van der Waals surface area contributed by atoms with Crippen LogP contribution in [0.1, 0.15) is 37.3 Å². The molecule has 0 amide bonds. The lowest BCUT2D eigenvalue weighted by molar-refractivity contribution is 0.112. The van der Waals surface area contributed by atoms with E-state index in [1.165, 1.54) is 5.56 Å². The van der Waals surface area contributed by atoms with E-state index in [2.05, 4.69) is 34.7 Å². The van der Waals surface area contributed by atoms with Crippen LogP contribution in [0.25, 0.3) is 11.0 Å². The summed E-state index contributed by atoms with van der Waals surface area (Å²) >= 11 is 0. The van der Waals surface area contributed by atoms with Gasteiger partial charge in [0.25, 0.3) is 0 Å². The van der Waals surface area contributed by atoms with Crippen molar-refractivity contribution in [3.8, 4) is 0 Å². The van der Waals surface area contributed by atoms with E-state index in [1.54, 1.807) is 0 Å². The van der Waals surface area contributed by atoms with Gasteiger partial charge >= 0.3 is 0 Å². The molecule has 0 spiro atoms. The summed E-state index contributed by atoms with van der Waals surface area (Å²) in [5, 5.41) is 9.59. The van der Waals surface area contributed by atoms with Gasteiger partial charge in [-0.25, -0.2) is 4.98 Å². The van der Waals surface area contributed by atoms with Crippen LogP contribution in [-0.2, 0) is 0 Å². The minimum absolute atomic E-state index is 0.139. The number of aromatic nitrogens is 2. The fraction of sp³-hybridized carbons (Fsp3) is 0.500. The van der Waals surface area contributed by atoms with E-state index in [4.69, 9.17) is 5.73 Å². The Morgan fingerprint density at radius 3 is 2.72 bits per heavy atom. The quantitative estimate of drug-likeness (QED) is 0.811. The van der Waals surface area contributed by atoms with Crippen LogP contribution in [0.4, 0.5) is 5.95 Å². The maximum Gasteiger partial charge on any atom is 0.201 e. The number of nitrogen functional groups attached to an aromatic ring is 1. The Morgan fingerprint density at radius 2 is 2.00 bits per heavy atom. The van der Waals surface area contributed by atoms with Gasteiger partial charge in [0.2, 0.25) is 5.95 Å². The number of anilines is 1. The third-order valence-corrected chi connectivity index (χ3v) is 3.90. The molecule has 1 aromatic carbocycles. The first-order chi connectivity index (χ1) is 8.65. The van der Waals surface area contributed by atoms with E-state index in [-0.39, 0.29) is 6.10 Å². The van der Waals surface area contributed by atoms with Crippen molar-refractivity contribution >= 4 is 17.0 Å². The maximum atomic E-state index is 9.59. The third kappa shape index (κ3) is 1.86. The number of imidazole rings is 1. The topological polar surface area (TPSA) is 64.1 Å². The monoisotopic (exact) mass is 245 g/mol. The van der Waals surface area contributed by atoms with Crippen molar-refractivity contribution in [1.29, 1.82) is 0 Å². The predicted molar refractivity (Wildman–Crippen MR) is 72.4 cm³/mol. The van der Waals surface area contributed by atoms with Gasteiger partial charge in [0.15, 0.2) is 0 Å². The number of hydrogen-bond donors (Lipinski definition) is 2. The molecule has 1 aromatic heterocycles. The third-order valence-electron chi connectivity index (χ3n) is 3.90. The van der Waals surface area contributed by atoms with Crippen LogP contribution in [-0.4, -0.2) is 20.8 Å². The summed E-state index contributed by atoms with van der Waals surface area (Å²) in [4.78, 5) is 4.45. The zero-order valence-corrected chi connectivity index (χ0v) is 10.6. The van der Waals surface area contributed by atoms with Crippen LogP contribution >= 0.6 is 0 Å². The molecule has 3 rings (SSSR count). The highest BCUT2D eigenvalue weighted by molar-refractivity contribution is 5.79. The van der Waals surface area contributed by atoms with E-state index in [9.17, 15) is 5.11 Å². The molecule has 3 N–H and O–H groups in total. The van der Waals surface area contributed by atoms with Crippen molar-refractivity contribution in [1.82, 2.24) is 9.55 Å². The second kappa shape index (κ2) is 4.28. The largest absolute Gasteiger partial charge is 0.393 e. The number of rotatable bonds is 1. The number of aliphatic hydroxyl groups is 1. The Morgan fingerprint density at radius 1 is 1.28 bits per heavy atom. The molecule has 0 saturated heterocycles. The normalized spacial score (nSPS) is 24.6. The van der Waals surface area contributed by atoms with Crippen LogP contribution in [0, 0.1) is 6.92 Å². The van der Waals surface area contributed by atoms with Crippen LogP contribution in [0.2, 0.25) is 0 Å². The van der Waals surface area contributed by atoms with Crippen molar-refractivity contribution in [3.63, 3.8) is 0 Å². The lowest BCUT2D eigenvalue weighted by Crippen LogP contribution is -2.22. The summed E-state index contributed by atoms with van der Waals surface area (Å²) in [6, 6.07) is 6.64. The molecular weight excluding hydrogens is 226 g/mol. The summed E-state index contributed by atoms with van der Waals surface area (Å²) in [7, 11) is 0. The predicted octanol–water partition coefficient (Wildman–Crippen LogP) is 2.40. The van der Waals surface area contributed by atoms with Crippen molar-refractivity contribution in [3.05, 3.63) is 23.8 Å². The Hall–Kier alpha value is -1.55. The fourth-order valence-electron chi connectivity index (χ4n) is 2.93. The molecule has 4 heteroatoms. The van der Waals surface area contributed by atoms with Gasteiger partial charge in [0.1, 0.15) is 0 Å². The molecule has 4 nitrogen and oxygen atoms in total. The lowest BCUT2D eigenvalue weighted by atomic mass is 9.93. The van der Waals surface area contributed by atoms with E-state index in [0.717, 1.165) is 36.7 Å². The van der Waals surface area contributed by atoms with E-state index in [0.29, 0.717) is 12.0 Å². The number of benzene rings is 1. The standard InChI is InChI=1S/C14H19N3O/c1-9-2-7-13-12(8-9)16-14(15)17(13)10-3-5-11(18)6-4-10/h2,7-8,10-11,18H,3-6H2,1H3,(H2,15,16). The van der Waals surface area contributed by atoms with Gasteiger partial charge in [-0.15, -0.1) is 0 Å². The molecule has 1 heterocycles. The van der Waals surface area contributed by atoms with Gasteiger partial charge in [-0.1, -0.05) is 6.07 Å². The molecule has 0 atom stereocenters. The molecule has 1 aliphatic carbocycles. The SMILES string of the molecule is Cc1ccc2c(c1)nc(N)n2C1CCC(O)CC1. The first kappa shape index (κ1) is 11.5. The molecular formula is C14H19N3O. The van der Waals surface area contributed by atoms with Crippen LogP contribution < -0.4 is 5.73 Å². The van der Waals surface area contributed by atoms with Crippen LogP contribution in [0.5, 0.6) is 0 Å². The Labute approximate surface area is 106 Å². The Balaban J connectivity index is 2.03. The Bertz CT molecular complexity index is 568. The summed E-state index contributed by atoms with van der Waals surface area (Å²) in [6.45, 7) is 2.06. The number of aryl methyl sites for hydroxylation is 1. The van der Waals surface area contributed by atoms with Crippen molar-refractivity contribution in [2.24, 2.45) is 0 Å². The summed E-state index contributed by atoms with van der Waals surface area (Å²) < 4.78 is 2.14. The smallest absolute Gasteiger partial charge is 0.201 e. The molecule has 0 radical (unpaired) electrons. The molecule has 0 aliphatic heterocycles. The van der Waals surface area contributed by atoms with E-state index in [1.807, 2.05) is 0 Å². The number of nitrogens with zero attached hydrogens (tertiary/aromatic N) is 2. The van der Waals surface area contributed by atoms with Gasteiger partial charge in [-0.05, 0) is 50.3 Å². The highest BCUT2D eigenvalue weighted by Gasteiger charge is 2.23. The zero-order chi connectivity index (χ0) is 12.7. The van der Waals surface area contributed by atoms with Crippen LogP contribution in [0.3, 0.4) is 0 Å². The lowest BCUT2D eigenvalue weighted by Gasteiger charge is -2.27. The molecule has 0 unspecified atom stereocenters. The van der Waals surface area contributed by atoms with Crippen LogP contribution in [0.15, 0.2) is 18.2 Å². The number of hydrogen-bond acceptors (Lipinski definition) is 3. The first-order valence-corrected chi connectivity index (χ1v) is 6.57. The minimum Gasteiger partial charge on any atom is -0.393 e. The summed E-state index contributed by atoms with van der Waals surface area (Å²) in [5.74, 6) is 0.594. The number of aliphatic hydroxyl groups excluding tert-OH is 1. The van der Waals surface area contributed by atoms with Crippen molar-refractivity contribution in [2.45, 2.75) is 44.8 Å². The highest BCUT2D eigenvalue weighted by atomic mass is 16.3. The van der Waals surface area contributed by atoms with Gasteiger partial charge < -0.3 is 15.4 Å². The maximum absolute atomic E-state index is 9.59.